The Morgan fingerprint density at radius 3 is 2.70 bits per heavy atom. The van der Waals surface area contributed by atoms with Crippen molar-refractivity contribution in [3.05, 3.63) is 60.2 Å². The highest BCUT2D eigenvalue weighted by atomic mass is 32.2. The number of benzene rings is 2. The Bertz CT molecular complexity index is 663. The van der Waals surface area contributed by atoms with Crippen LogP contribution in [-0.2, 0) is 4.79 Å². The molecular weight excluding hydrogens is 308 g/mol. The second kappa shape index (κ2) is 7.53. The Kier molecular flexibility index (Phi) is 5.20. The molecule has 0 saturated carbocycles. The lowest BCUT2D eigenvalue weighted by molar-refractivity contribution is -0.121. The number of rotatable bonds is 4. The molecule has 1 heterocycles. The van der Waals surface area contributed by atoms with Crippen LogP contribution < -0.4 is 15.8 Å². The lowest BCUT2D eigenvalue weighted by atomic mass is 10.1. The fraction of sp³-hybridized carbons (Fsp3) is 0.278. The van der Waals surface area contributed by atoms with Crippen LogP contribution in [0.25, 0.3) is 0 Å². The van der Waals surface area contributed by atoms with Crippen molar-refractivity contribution >= 4 is 17.7 Å². The quantitative estimate of drug-likeness (QED) is 0.905. The number of amides is 1. The lowest BCUT2D eigenvalue weighted by Gasteiger charge is -2.16. The molecule has 0 unspecified atom stereocenters. The molecule has 0 aliphatic carbocycles. The van der Waals surface area contributed by atoms with Gasteiger partial charge in [0, 0.05) is 12.6 Å². The van der Waals surface area contributed by atoms with Crippen molar-refractivity contribution in [2.75, 3.05) is 12.3 Å². The Balaban J connectivity index is 1.77. The lowest BCUT2D eigenvalue weighted by Crippen LogP contribution is -2.40. The van der Waals surface area contributed by atoms with Crippen LogP contribution in [0, 0.1) is 0 Å². The zero-order chi connectivity index (χ0) is 16.1. The third-order valence-electron chi connectivity index (χ3n) is 3.76. The summed E-state index contributed by atoms with van der Waals surface area (Å²) in [6.07, 6.45) is 0.906. The molecule has 4 nitrogen and oxygen atoms in total. The molecule has 2 aromatic rings. The zero-order valence-electron chi connectivity index (χ0n) is 12.8. The number of hydrogen-bond donors (Lipinski definition) is 2. The molecule has 1 aliphatic heterocycles. The van der Waals surface area contributed by atoms with Gasteiger partial charge in [-0.1, -0.05) is 30.3 Å². The molecule has 23 heavy (non-hydrogen) atoms. The average molecular weight is 328 g/mol. The van der Waals surface area contributed by atoms with E-state index in [0.717, 1.165) is 29.2 Å². The summed E-state index contributed by atoms with van der Waals surface area (Å²) in [5.41, 5.74) is 6.64. The summed E-state index contributed by atoms with van der Waals surface area (Å²) in [4.78, 5) is 12.4. The van der Waals surface area contributed by atoms with E-state index >= 15 is 0 Å². The second-order valence-corrected chi connectivity index (χ2v) is 6.68. The van der Waals surface area contributed by atoms with Crippen LogP contribution in [0.3, 0.4) is 0 Å². The molecule has 1 aliphatic rings. The largest absolute Gasteiger partial charge is 0.457 e. The summed E-state index contributed by atoms with van der Waals surface area (Å²) in [6, 6.07) is 17.4. The van der Waals surface area contributed by atoms with E-state index in [1.54, 1.807) is 11.8 Å². The molecule has 0 aromatic heterocycles. The third-order valence-corrected chi connectivity index (χ3v) is 5.05. The topological polar surface area (TPSA) is 64.3 Å². The van der Waals surface area contributed by atoms with Crippen LogP contribution in [-0.4, -0.2) is 24.2 Å². The Morgan fingerprint density at radius 1 is 1.13 bits per heavy atom. The van der Waals surface area contributed by atoms with E-state index < -0.39 is 0 Å². The summed E-state index contributed by atoms with van der Waals surface area (Å²) in [5.74, 6) is 2.46. The van der Waals surface area contributed by atoms with Crippen LogP contribution in [0.1, 0.15) is 17.2 Å². The van der Waals surface area contributed by atoms with Gasteiger partial charge >= 0.3 is 0 Å². The number of para-hydroxylation sites is 1. The number of nitrogens with one attached hydrogen (secondary N) is 1. The first-order chi connectivity index (χ1) is 11.3. The monoisotopic (exact) mass is 328 g/mol. The normalized spacial score (nSPS) is 21.3. The highest BCUT2D eigenvalue weighted by Crippen LogP contribution is 2.34. The molecule has 3 N–H and O–H groups in total. The summed E-state index contributed by atoms with van der Waals surface area (Å²) >= 11 is 1.66. The minimum atomic E-state index is -0.217. The number of nitrogens with two attached hydrogens (primary N) is 1. The molecule has 1 amide bonds. The third kappa shape index (κ3) is 4.06. The molecule has 3 rings (SSSR count). The minimum Gasteiger partial charge on any atom is -0.457 e. The number of carbonyl (C=O) groups excluding carboxylic acids is 1. The van der Waals surface area contributed by atoms with Crippen molar-refractivity contribution in [3.63, 3.8) is 0 Å². The van der Waals surface area contributed by atoms with E-state index in [2.05, 4.69) is 5.32 Å². The minimum absolute atomic E-state index is 0.0276. The first-order valence-electron chi connectivity index (χ1n) is 7.71. The Hall–Kier alpha value is -1.98. The fourth-order valence-electron chi connectivity index (χ4n) is 2.54. The summed E-state index contributed by atoms with van der Waals surface area (Å²) in [6.45, 7) is 0.482. The van der Waals surface area contributed by atoms with Gasteiger partial charge in [0.1, 0.15) is 16.7 Å². The van der Waals surface area contributed by atoms with Crippen molar-refractivity contribution in [2.45, 2.75) is 17.7 Å². The molecule has 1 saturated heterocycles. The number of ether oxygens (including phenoxy) is 1. The van der Waals surface area contributed by atoms with E-state index in [9.17, 15) is 4.79 Å². The van der Waals surface area contributed by atoms with Crippen LogP contribution in [0.5, 0.6) is 11.5 Å². The van der Waals surface area contributed by atoms with Crippen molar-refractivity contribution in [2.24, 2.45) is 5.73 Å². The molecule has 0 bridgehead atoms. The standard InChI is InChI=1S/C18H20N2O2S/c19-12-14-9-10-23-17(18(21)20-14)13-5-4-8-16(11-13)22-15-6-2-1-3-7-15/h1-8,11,14,17H,9-10,12,19H2,(H,20,21)/t14-,17-/m1/s1. The van der Waals surface area contributed by atoms with Gasteiger partial charge in [0.15, 0.2) is 0 Å². The van der Waals surface area contributed by atoms with E-state index in [4.69, 9.17) is 10.5 Å². The highest BCUT2D eigenvalue weighted by Gasteiger charge is 2.27. The predicted octanol–water partition coefficient (Wildman–Crippen LogP) is 3.10. The number of carbonyl (C=O) groups is 1. The number of hydrogen-bond acceptors (Lipinski definition) is 4. The Morgan fingerprint density at radius 2 is 1.91 bits per heavy atom. The Labute approximate surface area is 140 Å². The SMILES string of the molecule is NC[C@H]1CCS[C@H](c2cccc(Oc3ccccc3)c2)C(=O)N1. The summed E-state index contributed by atoms with van der Waals surface area (Å²) in [5, 5.41) is 2.80. The maximum atomic E-state index is 12.4. The first kappa shape index (κ1) is 15.9. The van der Waals surface area contributed by atoms with E-state index in [0.29, 0.717) is 6.54 Å². The van der Waals surface area contributed by atoms with Gasteiger partial charge in [-0.25, -0.2) is 0 Å². The second-order valence-electron chi connectivity index (χ2n) is 5.47. The average Bonchev–Trinajstić information content (AvgIpc) is 2.77. The highest BCUT2D eigenvalue weighted by molar-refractivity contribution is 8.00. The summed E-state index contributed by atoms with van der Waals surface area (Å²) < 4.78 is 5.86. The van der Waals surface area contributed by atoms with Crippen molar-refractivity contribution in [1.82, 2.24) is 5.32 Å². The van der Waals surface area contributed by atoms with Gasteiger partial charge in [-0.05, 0) is 42.0 Å². The van der Waals surface area contributed by atoms with Gasteiger partial charge in [-0.2, -0.15) is 0 Å². The zero-order valence-corrected chi connectivity index (χ0v) is 13.6. The van der Waals surface area contributed by atoms with Gasteiger partial charge in [-0.15, -0.1) is 11.8 Å². The molecular formula is C18H20N2O2S. The van der Waals surface area contributed by atoms with Gasteiger partial charge in [0.05, 0.1) is 0 Å². The molecule has 0 radical (unpaired) electrons. The fourth-order valence-corrected chi connectivity index (χ4v) is 3.76. The summed E-state index contributed by atoms with van der Waals surface area (Å²) in [7, 11) is 0. The number of thioether (sulfide) groups is 1. The maximum Gasteiger partial charge on any atom is 0.237 e. The van der Waals surface area contributed by atoms with Crippen LogP contribution in [0.4, 0.5) is 0 Å². The van der Waals surface area contributed by atoms with Gasteiger partial charge < -0.3 is 15.8 Å². The molecule has 2 atom stereocenters. The van der Waals surface area contributed by atoms with E-state index in [-0.39, 0.29) is 17.2 Å². The van der Waals surface area contributed by atoms with Gasteiger partial charge in [0.25, 0.3) is 0 Å². The molecule has 1 fully saturated rings. The molecule has 5 heteroatoms. The van der Waals surface area contributed by atoms with Crippen molar-refractivity contribution in [3.8, 4) is 11.5 Å². The first-order valence-corrected chi connectivity index (χ1v) is 8.76. The molecule has 120 valence electrons. The van der Waals surface area contributed by atoms with Gasteiger partial charge in [0.2, 0.25) is 5.91 Å². The predicted molar refractivity (Wildman–Crippen MR) is 93.8 cm³/mol. The van der Waals surface area contributed by atoms with Crippen LogP contribution in [0.2, 0.25) is 0 Å². The molecule has 2 aromatic carbocycles. The maximum absolute atomic E-state index is 12.4. The van der Waals surface area contributed by atoms with Gasteiger partial charge in [-0.3, -0.25) is 4.79 Å². The van der Waals surface area contributed by atoms with Crippen LogP contribution in [0.15, 0.2) is 54.6 Å². The van der Waals surface area contributed by atoms with Crippen molar-refractivity contribution in [1.29, 1.82) is 0 Å². The van der Waals surface area contributed by atoms with Crippen molar-refractivity contribution < 1.29 is 9.53 Å². The van der Waals surface area contributed by atoms with E-state index in [1.807, 2.05) is 54.6 Å². The van der Waals surface area contributed by atoms with Crippen LogP contribution >= 0.6 is 11.8 Å². The smallest absolute Gasteiger partial charge is 0.237 e. The van der Waals surface area contributed by atoms with E-state index in [1.165, 1.54) is 0 Å². The molecule has 0 spiro atoms.